The number of nitrogens with one attached hydrogen (secondary N) is 2. The van der Waals surface area contributed by atoms with E-state index < -0.39 is 0 Å². The molecule has 0 radical (unpaired) electrons. The first-order valence-corrected chi connectivity index (χ1v) is 9.13. The molecule has 0 fully saturated rings. The molecule has 0 unspecified atom stereocenters. The molecule has 3 aromatic rings. The van der Waals surface area contributed by atoms with E-state index in [9.17, 15) is 4.79 Å². The zero-order valence-corrected chi connectivity index (χ0v) is 16.3. The summed E-state index contributed by atoms with van der Waals surface area (Å²) >= 11 is 0. The van der Waals surface area contributed by atoms with Crippen LogP contribution in [-0.4, -0.2) is 29.5 Å². The van der Waals surface area contributed by atoms with Crippen LogP contribution < -0.4 is 15.4 Å². The molecule has 0 bridgehead atoms. The molecule has 1 heterocycles. The Morgan fingerprint density at radius 2 is 1.89 bits per heavy atom. The minimum atomic E-state index is -0.262. The van der Waals surface area contributed by atoms with E-state index in [1.807, 2.05) is 56.3 Å². The highest BCUT2D eigenvalue weighted by molar-refractivity contribution is 6.03. The van der Waals surface area contributed by atoms with Crippen molar-refractivity contribution in [2.45, 2.75) is 20.3 Å². The molecule has 144 valence electrons. The molecule has 0 aliphatic heterocycles. The summed E-state index contributed by atoms with van der Waals surface area (Å²) in [5, 5.41) is 6.14. The van der Waals surface area contributed by atoms with Gasteiger partial charge >= 0.3 is 0 Å². The standard InChI is InChI=1S/C22H24N4O2/c1-15-8-9-18(16(2)12-15)26-22(27)19-13-21(25-14-24-19)23-11-10-17-6-4-5-7-20(17)28-3/h4-9,12-14H,10-11H2,1-3H3,(H,26,27)(H,23,24,25). The van der Waals surface area contributed by atoms with E-state index in [0.29, 0.717) is 18.1 Å². The first-order chi connectivity index (χ1) is 13.6. The quantitative estimate of drug-likeness (QED) is 0.652. The van der Waals surface area contributed by atoms with Crippen molar-refractivity contribution in [3.63, 3.8) is 0 Å². The number of carbonyl (C=O) groups is 1. The van der Waals surface area contributed by atoms with E-state index in [2.05, 4.69) is 20.6 Å². The van der Waals surface area contributed by atoms with Crippen LogP contribution in [0.3, 0.4) is 0 Å². The summed E-state index contributed by atoms with van der Waals surface area (Å²) in [4.78, 5) is 20.8. The highest BCUT2D eigenvalue weighted by Gasteiger charge is 2.11. The molecule has 0 saturated carbocycles. The van der Waals surface area contributed by atoms with Crippen molar-refractivity contribution in [2.24, 2.45) is 0 Å². The zero-order valence-electron chi connectivity index (χ0n) is 16.3. The van der Waals surface area contributed by atoms with Gasteiger partial charge in [0.25, 0.3) is 5.91 Å². The number of nitrogens with zero attached hydrogens (tertiary/aromatic N) is 2. The highest BCUT2D eigenvalue weighted by Crippen LogP contribution is 2.19. The SMILES string of the molecule is COc1ccccc1CCNc1cc(C(=O)Nc2ccc(C)cc2C)ncn1. The minimum absolute atomic E-state index is 0.262. The Kier molecular flexibility index (Phi) is 6.22. The van der Waals surface area contributed by atoms with E-state index in [-0.39, 0.29) is 5.91 Å². The molecular formula is C22H24N4O2. The third-order valence-electron chi connectivity index (χ3n) is 4.42. The van der Waals surface area contributed by atoms with Crippen LogP contribution in [0.1, 0.15) is 27.2 Å². The summed E-state index contributed by atoms with van der Waals surface area (Å²) in [5.74, 6) is 1.21. The van der Waals surface area contributed by atoms with Crippen molar-refractivity contribution < 1.29 is 9.53 Å². The number of rotatable bonds is 7. The van der Waals surface area contributed by atoms with Crippen molar-refractivity contribution >= 4 is 17.4 Å². The number of aromatic nitrogens is 2. The molecule has 6 heteroatoms. The molecule has 0 aliphatic carbocycles. The molecule has 3 rings (SSSR count). The second-order valence-electron chi connectivity index (χ2n) is 6.55. The molecule has 0 atom stereocenters. The van der Waals surface area contributed by atoms with E-state index in [1.54, 1.807) is 13.2 Å². The Bertz CT molecular complexity index is 972. The third kappa shape index (κ3) is 4.85. The van der Waals surface area contributed by atoms with Gasteiger partial charge in [0.05, 0.1) is 7.11 Å². The van der Waals surface area contributed by atoms with Gasteiger partial charge in [-0.3, -0.25) is 4.79 Å². The molecule has 1 amide bonds. The maximum Gasteiger partial charge on any atom is 0.274 e. The maximum atomic E-state index is 12.5. The van der Waals surface area contributed by atoms with Crippen molar-refractivity contribution in [1.82, 2.24) is 9.97 Å². The molecule has 6 nitrogen and oxygen atoms in total. The van der Waals surface area contributed by atoms with Gasteiger partial charge in [-0.25, -0.2) is 9.97 Å². The molecule has 0 saturated heterocycles. The van der Waals surface area contributed by atoms with Gasteiger partial charge < -0.3 is 15.4 Å². The van der Waals surface area contributed by atoms with Gasteiger partial charge in [-0.15, -0.1) is 0 Å². The van der Waals surface area contributed by atoms with Crippen LogP contribution in [-0.2, 0) is 6.42 Å². The van der Waals surface area contributed by atoms with Crippen LogP contribution in [0, 0.1) is 13.8 Å². The second-order valence-corrected chi connectivity index (χ2v) is 6.55. The first kappa shape index (κ1) is 19.4. The number of methoxy groups -OCH3 is 1. The van der Waals surface area contributed by atoms with E-state index >= 15 is 0 Å². The summed E-state index contributed by atoms with van der Waals surface area (Å²) in [6, 6.07) is 15.4. The third-order valence-corrected chi connectivity index (χ3v) is 4.42. The number of hydrogen-bond acceptors (Lipinski definition) is 5. The largest absolute Gasteiger partial charge is 0.496 e. The number of carbonyl (C=O) groups excluding carboxylic acids is 1. The monoisotopic (exact) mass is 376 g/mol. The summed E-state index contributed by atoms with van der Waals surface area (Å²) in [7, 11) is 1.66. The molecular weight excluding hydrogens is 352 g/mol. The lowest BCUT2D eigenvalue weighted by molar-refractivity contribution is 0.102. The number of hydrogen-bond donors (Lipinski definition) is 2. The lowest BCUT2D eigenvalue weighted by Gasteiger charge is -2.11. The number of para-hydroxylation sites is 1. The lowest BCUT2D eigenvalue weighted by Crippen LogP contribution is -2.16. The summed E-state index contributed by atoms with van der Waals surface area (Å²) in [5.41, 5.74) is 4.37. The average molecular weight is 376 g/mol. The van der Waals surface area contributed by atoms with Crippen LogP contribution in [0.15, 0.2) is 54.9 Å². The van der Waals surface area contributed by atoms with Gasteiger partial charge in [-0.1, -0.05) is 35.9 Å². The topological polar surface area (TPSA) is 76.1 Å². The molecule has 1 aromatic heterocycles. The van der Waals surface area contributed by atoms with Gasteiger partial charge in [0.15, 0.2) is 0 Å². The Morgan fingerprint density at radius 3 is 2.68 bits per heavy atom. The Hall–Kier alpha value is -3.41. The summed E-state index contributed by atoms with van der Waals surface area (Å²) < 4.78 is 5.37. The van der Waals surface area contributed by atoms with Crippen LogP contribution in [0.2, 0.25) is 0 Å². The molecule has 28 heavy (non-hydrogen) atoms. The van der Waals surface area contributed by atoms with Crippen molar-refractivity contribution in [1.29, 1.82) is 0 Å². The van der Waals surface area contributed by atoms with E-state index in [1.165, 1.54) is 6.33 Å². The fourth-order valence-corrected chi connectivity index (χ4v) is 2.95. The predicted octanol–water partition coefficient (Wildman–Crippen LogP) is 4.01. The van der Waals surface area contributed by atoms with E-state index in [0.717, 1.165) is 34.5 Å². The molecule has 2 N–H and O–H groups in total. The average Bonchev–Trinajstić information content (AvgIpc) is 2.70. The van der Waals surface area contributed by atoms with Gasteiger partial charge in [-0.05, 0) is 43.5 Å². The lowest BCUT2D eigenvalue weighted by atomic mass is 10.1. The number of anilines is 2. The van der Waals surface area contributed by atoms with Crippen molar-refractivity contribution in [2.75, 3.05) is 24.3 Å². The summed E-state index contributed by atoms with van der Waals surface area (Å²) in [6.07, 6.45) is 2.17. The van der Waals surface area contributed by atoms with Gasteiger partial charge in [0, 0.05) is 18.3 Å². The van der Waals surface area contributed by atoms with Gasteiger partial charge in [0.1, 0.15) is 23.6 Å². The Morgan fingerprint density at radius 1 is 1.07 bits per heavy atom. The van der Waals surface area contributed by atoms with Crippen molar-refractivity contribution in [3.8, 4) is 5.75 Å². The van der Waals surface area contributed by atoms with E-state index in [4.69, 9.17) is 4.74 Å². The Labute approximate surface area is 165 Å². The highest BCUT2D eigenvalue weighted by atomic mass is 16.5. The minimum Gasteiger partial charge on any atom is -0.496 e. The molecule has 2 aromatic carbocycles. The summed E-state index contributed by atoms with van der Waals surface area (Å²) in [6.45, 7) is 4.65. The number of aryl methyl sites for hydroxylation is 2. The van der Waals surface area contributed by atoms with Gasteiger partial charge in [-0.2, -0.15) is 0 Å². The number of ether oxygens (including phenoxy) is 1. The Balaban J connectivity index is 1.62. The fraction of sp³-hybridized carbons (Fsp3) is 0.227. The van der Waals surface area contributed by atoms with Crippen LogP contribution >= 0.6 is 0 Å². The predicted molar refractivity (Wildman–Crippen MR) is 111 cm³/mol. The van der Waals surface area contributed by atoms with Crippen LogP contribution in [0.4, 0.5) is 11.5 Å². The molecule has 0 aliphatic rings. The van der Waals surface area contributed by atoms with Crippen molar-refractivity contribution in [3.05, 3.63) is 77.2 Å². The fourth-order valence-electron chi connectivity index (χ4n) is 2.95. The normalized spacial score (nSPS) is 10.4. The maximum absolute atomic E-state index is 12.5. The molecule has 0 spiro atoms. The van der Waals surface area contributed by atoms with Gasteiger partial charge in [0.2, 0.25) is 0 Å². The van der Waals surface area contributed by atoms with Crippen LogP contribution in [0.5, 0.6) is 5.75 Å². The number of amides is 1. The number of benzene rings is 2. The first-order valence-electron chi connectivity index (χ1n) is 9.13. The zero-order chi connectivity index (χ0) is 19.9. The van der Waals surface area contributed by atoms with Crippen LogP contribution in [0.25, 0.3) is 0 Å². The second kappa shape index (κ2) is 8.99. The smallest absolute Gasteiger partial charge is 0.274 e.